The first-order chi connectivity index (χ1) is 6.60. The molecular formula is C8H7BrF2INO. The highest BCUT2D eigenvalue weighted by Crippen LogP contribution is 2.26. The fourth-order valence-corrected chi connectivity index (χ4v) is 2.16. The molecule has 1 N–H and O–H groups in total. The van der Waals surface area contributed by atoms with Crippen LogP contribution in [0.2, 0.25) is 0 Å². The Morgan fingerprint density at radius 2 is 2.21 bits per heavy atom. The Balaban J connectivity index is 3.23. The Morgan fingerprint density at radius 3 is 2.64 bits per heavy atom. The van der Waals surface area contributed by atoms with Crippen molar-refractivity contribution >= 4 is 38.5 Å². The topological polar surface area (TPSA) is 33.1 Å². The van der Waals surface area contributed by atoms with E-state index in [1.54, 1.807) is 22.6 Å². The van der Waals surface area contributed by atoms with Gasteiger partial charge in [-0.1, -0.05) is 15.9 Å². The summed E-state index contributed by atoms with van der Waals surface area (Å²) in [6.45, 7) is -0.236. The summed E-state index contributed by atoms with van der Waals surface area (Å²) in [6, 6.07) is 1.37. The van der Waals surface area contributed by atoms with Crippen LogP contribution in [-0.2, 0) is 11.9 Å². The van der Waals surface area contributed by atoms with Crippen LogP contribution in [0.25, 0.3) is 0 Å². The summed E-state index contributed by atoms with van der Waals surface area (Å²) in [7, 11) is 0. The lowest BCUT2D eigenvalue weighted by Crippen LogP contribution is -2.02. The van der Waals surface area contributed by atoms with Crippen LogP contribution >= 0.6 is 38.5 Å². The van der Waals surface area contributed by atoms with Gasteiger partial charge in [-0.25, -0.2) is 13.8 Å². The van der Waals surface area contributed by atoms with Gasteiger partial charge in [0.2, 0.25) is 0 Å². The summed E-state index contributed by atoms with van der Waals surface area (Å²) < 4.78 is 25.2. The third kappa shape index (κ3) is 2.60. The molecule has 0 unspecified atom stereocenters. The second kappa shape index (κ2) is 5.32. The quantitative estimate of drug-likeness (QED) is 0.499. The summed E-state index contributed by atoms with van der Waals surface area (Å²) in [4.78, 5) is 3.91. The standard InChI is InChI=1S/C8H7BrF2INO/c9-2-4-1-5(7(10)11)8(12)13-6(4)3-14/h1,7,14H,2-3H2. The molecule has 2 nitrogen and oxygen atoms in total. The number of nitrogens with zero attached hydrogens (tertiary/aromatic N) is 1. The van der Waals surface area contributed by atoms with Gasteiger partial charge in [0.25, 0.3) is 6.43 Å². The lowest BCUT2D eigenvalue weighted by molar-refractivity contribution is 0.149. The molecule has 6 heteroatoms. The molecule has 0 aliphatic heterocycles. The molecule has 0 radical (unpaired) electrons. The van der Waals surface area contributed by atoms with E-state index in [2.05, 4.69) is 20.9 Å². The van der Waals surface area contributed by atoms with Crippen LogP contribution in [0, 0.1) is 3.70 Å². The second-order valence-electron chi connectivity index (χ2n) is 2.57. The van der Waals surface area contributed by atoms with Gasteiger partial charge in [0, 0.05) is 10.9 Å². The van der Waals surface area contributed by atoms with Crippen LogP contribution < -0.4 is 0 Å². The van der Waals surface area contributed by atoms with Crippen molar-refractivity contribution in [1.29, 1.82) is 0 Å². The zero-order valence-electron chi connectivity index (χ0n) is 6.98. The predicted molar refractivity (Wildman–Crippen MR) is 60.5 cm³/mol. The number of alkyl halides is 3. The van der Waals surface area contributed by atoms with E-state index in [9.17, 15) is 8.78 Å². The molecule has 1 aromatic rings. The maximum absolute atomic E-state index is 12.5. The Hall–Kier alpha value is 0.180. The van der Waals surface area contributed by atoms with Gasteiger partial charge >= 0.3 is 0 Å². The van der Waals surface area contributed by atoms with E-state index in [1.807, 2.05) is 0 Å². The molecule has 0 aromatic carbocycles. The number of pyridine rings is 1. The second-order valence-corrected chi connectivity index (χ2v) is 4.15. The Morgan fingerprint density at radius 1 is 1.57 bits per heavy atom. The molecule has 0 saturated carbocycles. The SMILES string of the molecule is OCc1nc(I)c(C(F)F)cc1CBr. The van der Waals surface area contributed by atoms with Gasteiger partial charge in [0.1, 0.15) is 3.70 Å². The van der Waals surface area contributed by atoms with Crippen LogP contribution in [0.5, 0.6) is 0 Å². The van der Waals surface area contributed by atoms with E-state index in [1.165, 1.54) is 6.07 Å². The Labute approximate surface area is 102 Å². The molecule has 1 heterocycles. The lowest BCUT2D eigenvalue weighted by Gasteiger charge is -2.08. The van der Waals surface area contributed by atoms with Gasteiger partial charge in [-0.2, -0.15) is 0 Å². The fourth-order valence-electron chi connectivity index (χ4n) is 0.991. The number of hydrogen-bond donors (Lipinski definition) is 1. The molecule has 0 aliphatic rings. The van der Waals surface area contributed by atoms with Gasteiger partial charge < -0.3 is 5.11 Å². The number of aliphatic hydroxyl groups excluding tert-OH is 1. The average molecular weight is 378 g/mol. The summed E-state index contributed by atoms with van der Waals surface area (Å²) in [5.74, 6) is 0. The summed E-state index contributed by atoms with van der Waals surface area (Å²) in [6.07, 6.45) is -2.53. The maximum Gasteiger partial charge on any atom is 0.266 e. The highest BCUT2D eigenvalue weighted by Gasteiger charge is 2.15. The van der Waals surface area contributed by atoms with E-state index < -0.39 is 6.43 Å². The number of aliphatic hydroxyl groups is 1. The summed E-state index contributed by atoms with van der Waals surface area (Å²) in [5.41, 5.74) is 0.955. The van der Waals surface area contributed by atoms with Crippen molar-refractivity contribution in [3.8, 4) is 0 Å². The normalized spacial score (nSPS) is 11.0. The van der Waals surface area contributed by atoms with Crippen molar-refractivity contribution in [3.63, 3.8) is 0 Å². The first kappa shape index (κ1) is 12.3. The van der Waals surface area contributed by atoms with Crippen LogP contribution in [0.1, 0.15) is 23.2 Å². The van der Waals surface area contributed by atoms with Crippen molar-refractivity contribution in [2.45, 2.75) is 18.4 Å². The minimum atomic E-state index is -2.53. The molecule has 0 saturated heterocycles. The molecule has 0 atom stereocenters. The van der Waals surface area contributed by atoms with E-state index in [0.29, 0.717) is 16.6 Å². The summed E-state index contributed by atoms with van der Waals surface area (Å²) >= 11 is 4.90. The first-order valence-electron chi connectivity index (χ1n) is 3.73. The number of hydrogen-bond acceptors (Lipinski definition) is 2. The number of rotatable bonds is 3. The van der Waals surface area contributed by atoms with E-state index in [0.717, 1.165) is 0 Å². The molecule has 14 heavy (non-hydrogen) atoms. The molecule has 0 fully saturated rings. The van der Waals surface area contributed by atoms with Crippen molar-refractivity contribution < 1.29 is 13.9 Å². The molecule has 0 amide bonds. The zero-order chi connectivity index (χ0) is 10.7. The smallest absolute Gasteiger partial charge is 0.266 e. The minimum absolute atomic E-state index is 0.0859. The van der Waals surface area contributed by atoms with Gasteiger partial charge in [-0.15, -0.1) is 0 Å². The molecule has 78 valence electrons. The fraction of sp³-hybridized carbons (Fsp3) is 0.375. The monoisotopic (exact) mass is 377 g/mol. The van der Waals surface area contributed by atoms with E-state index in [-0.39, 0.29) is 15.9 Å². The molecule has 0 spiro atoms. The van der Waals surface area contributed by atoms with Gasteiger partial charge in [0.15, 0.2) is 0 Å². The van der Waals surface area contributed by atoms with Crippen molar-refractivity contribution in [3.05, 3.63) is 26.6 Å². The van der Waals surface area contributed by atoms with Crippen LogP contribution in [-0.4, -0.2) is 10.1 Å². The highest BCUT2D eigenvalue weighted by molar-refractivity contribution is 14.1. The van der Waals surface area contributed by atoms with Gasteiger partial charge in [-0.05, 0) is 34.2 Å². The zero-order valence-corrected chi connectivity index (χ0v) is 10.7. The van der Waals surface area contributed by atoms with E-state index in [4.69, 9.17) is 5.11 Å². The molecule has 0 bridgehead atoms. The van der Waals surface area contributed by atoms with Crippen molar-refractivity contribution in [2.24, 2.45) is 0 Å². The molecular weight excluding hydrogens is 371 g/mol. The Bertz CT molecular complexity index is 335. The molecule has 1 aromatic heterocycles. The van der Waals surface area contributed by atoms with Crippen LogP contribution in [0.4, 0.5) is 8.78 Å². The average Bonchev–Trinajstić information content (AvgIpc) is 2.16. The van der Waals surface area contributed by atoms with Crippen molar-refractivity contribution in [2.75, 3.05) is 0 Å². The molecule has 0 aliphatic carbocycles. The van der Waals surface area contributed by atoms with Gasteiger partial charge in [0.05, 0.1) is 12.3 Å². The maximum atomic E-state index is 12.5. The Kier molecular flexibility index (Phi) is 4.65. The van der Waals surface area contributed by atoms with Crippen LogP contribution in [0.3, 0.4) is 0 Å². The van der Waals surface area contributed by atoms with Crippen LogP contribution in [0.15, 0.2) is 6.07 Å². The van der Waals surface area contributed by atoms with E-state index >= 15 is 0 Å². The number of aromatic nitrogens is 1. The largest absolute Gasteiger partial charge is 0.390 e. The third-order valence-electron chi connectivity index (χ3n) is 1.70. The lowest BCUT2D eigenvalue weighted by atomic mass is 10.1. The predicted octanol–water partition coefficient (Wildman–Crippen LogP) is 3.01. The third-order valence-corrected chi connectivity index (χ3v) is 3.17. The summed E-state index contributed by atoms with van der Waals surface area (Å²) in [5, 5.41) is 9.34. The highest BCUT2D eigenvalue weighted by atomic mass is 127. The minimum Gasteiger partial charge on any atom is -0.390 e. The number of halogens is 4. The van der Waals surface area contributed by atoms with Crippen molar-refractivity contribution in [1.82, 2.24) is 4.98 Å². The van der Waals surface area contributed by atoms with Gasteiger partial charge in [-0.3, -0.25) is 0 Å². The first-order valence-corrected chi connectivity index (χ1v) is 5.93. The molecule has 1 rings (SSSR count).